The average molecular weight is 393 g/mol. The monoisotopic (exact) mass is 393 g/mol. The number of imidazole rings is 1. The van der Waals surface area contributed by atoms with Crippen LogP contribution in [0.5, 0.6) is 0 Å². The highest BCUT2D eigenvalue weighted by molar-refractivity contribution is 6.04. The largest absolute Gasteiger partial charge is 0.342 e. The van der Waals surface area contributed by atoms with E-state index in [9.17, 15) is 9.18 Å². The van der Waals surface area contributed by atoms with E-state index < -0.39 is 6.17 Å². The SMILES string of the molecule is Cc1ccc(-c2ncon2)cc1NC(=O)c1cnc2ccccn12.FC1CCC1. The van der Waals surface area contributed by atoms with Crippen LogP contribution in [0.3, 0.4) is 0 Å². The van der Waals surface area contributed by atoms with Gasteiger partial charge in [-0.05, 0) is 49.9 Å². The molecule has 0 unspecified atom stereocenters. The van der Waals surface area contributed by atoms with E-state index in [0.717, 1.165) is 36.0 Å². The van der Waals surface area contributed by atoms with Gasteiger partial charge in [0.2, 0.25) is 12.2 Å². The molecule has 0 bridgehead atoms. The van der Waals surface area contributed by atoms with Gasteiger partial charge < -0.3 is 9.84 Å². The number of rotatable bonds is 3. The number of halogens is 1. The first-order valence-electron chi connectivity index (χ1n) is 9.37. The number of fused-ring (bicyclic) bond motifs is 1. The first kappa shape index (κ1) is 18.8. The molecule has 1 aliphatic rings. The van der Waals surface area contributed by atoms with E-state index >= 15 is 0 Å². The van der Waals surface area contributed by atoms with Crippen LogP contribution in [0.25, 0.3) is 17.0 Å². The van der Waals surface area contributed by atoms with Crippen LogP contribution < -0.4 is 5.32 Å². The molecule has 0 saturated heterocycles. The van der Waals surface area contributed by atoms with Gasteiger partial charge in [0.25, 0.3) is 5.91 Å². The smallest absolute Gasteiger partial charge is 0.274 e. The van der Waals surface area contributed by atoms with Crippen LogP contribution in [0.1, 0.15) is 35.3 Å². The third-order valence-corrected chi connectivity index (χ3v) is 4.79. The molecular formula is C21H20FN5O2. The van der Waals surface area contributed by atoms with Crippen molar-refractivity contribution in [3.05, 3.63) is 66.4 Å². The normalized spacial score (nSPS) is 13.4. The van der Waals surface area contributed by atoms with E-state index in [1.54, 1.807) is 16.8 Å². The summed E-state index contributed by atoms with van der Waals surface area (Å²) >= 11 is 0. The highest BCUT2D eigenvalue weighted by Gasteiger charge is 2.15. The Kier molecular flexibility index (Phi) is 5.33. The first-order chi connectivity index (χ1) is 14.1. The van der Waals surface area contributed by atoms with Gasteiger partial charge in [0, 0.05) is 17.4 Å². The highest BCUT2D eigenvalue weighted by Crippen LogP contribution is 2.23. The van der Waals surface area contributed by atoms with Crippen LogP contribution in [0, 0.1) is 6.92 Å². The van der Waals surface area contributed by atoms with Crippen molar-refractivity contribution >= 4 is 17.2 Å². The van der Waals surface area contributed by atoms with Crippen molar-refractivity contribution in [2.75, 3.05) is 5.32 Å². The second-order valence-electron chi connectivity index (χ2n) is 6.84. The summed E-state index contributed by atoms with van der Waals surface area (Å²) < 4.78 is 18.0. The van der Waals surface area contributed by atoms with Gasteiger partial charge >= 0.3 is 0 Å². The average Bonchev–Trinajstić information content (AvgIpc) is 3.38. The van der Waals surface area contributed by atoms with E-state index in [0.29, 0.717) is 17.2 Å². The summed E-state index contributed by atoms with van der Waals surface area (Å²) in [5, 5.41) is 6.74. The predicted octanol–water partition coefficient (Wildman–Crippen LogP) is 4.45. The number of hydrogen-bond donors (Lipinski definition) is 1. The number of nitrogens with one attached hydrogen (secondary N) is 1. The summed E-state index contributed by atoms with van der Waals surface area (Å²) in [4.78, 5) is 20.9. The number of benzene rings is 1. The minimum absolute atomic E-state index is 0.234. The second kappa shape index (κ2) is 8.22. The third kappa shape index (κ3) is 4.16. The summed E-state index contributed by atoms with van der Waals surface area (Å²) in [6.07, 6.45) is 6.95. The summed E-state index contributed by atoms with van der Waals surface area (Å²) in [7, 11) is 0. The Morgan fingerprint density at radius 1 is 1.24 bits per heavy atom. The van der Waals surface area contributed by atoms with Crippen LogP contribution in [-0.4, -0.2) is 31.6 Å². The summed E-state index contributed by atoms with van der Waals surface area (Å²) in [5.41, 5.74) is 3.58. The Hall–Kier alpha value is -3.55. The quantitative estimate of drug-likeness (QED) is 0.556. The zero-order valence-electron chi connectivity index (χ0n) is 15.9. The van der Waals surface area contributed by atoms with Gasteiger partial charge in [0.15, 0.2) is 0 Å². The van der Waals surface area contributed by atoms with E-state index in [4.69, 9.17) is 4.52 Å². The number of carbonyl (C=O) groups excluding carboxylic acids is 1. The Labute approximate surface area is 166 Å². The molecule has 0 aliphatic heterocycles. The molecule has 1 aromatic carbocycles. The Morgan fingerprint density at radius 2 is 2.07 bits per heavy atom. The zero-order chi connectivity index (χ0) is 20.2. The maximum atomic E-state index is 12.6. The number of hydrogen-bond acceptors (Lipinski definition) is 5. The van der Waals surface area contributed by atoms with E-state index in [1.807, 2.05) is 43.3 Å². The van der Waals surface area contributed by atoms with Gasteiger partial charge in [-0.15, -0.1) is 0 Å². The van der Waals surface area contributed by atoms with Gasteiger partial charge in [-0.3, -0.25) is 9.20 Å². The standard InChI is InChI=1S/C17H13N5O2.C4H7F/c1-11-5-6-12(16-19-10-24-21-16)8-13(11)20-17(23)14-9-18-15-4-2-3-7-22(14)15;5-4-2-1-3-4/h2-10H,1H3,(H,20,23);4H,1-3H2. The van der Waals surface area contributed by atoms with Crippen LogP contribution in [0.4, 0.5) is 10.1 Å². The zero-order valence-corrected chi connectivity index (χ0v) is 15.9. The molecule has 0 spiro atoms. The number of pyridine rings is 1. The van der Waals surface area contributed by atoms with Gasteiger partial charge in [0.05, 0.1) is 6.20 Å². The number of anilines is 1. The van der Waals surface area contributed by atoms with Gasteiger partial charge in [0.1, 0.15) is 17.5 Å². The Balaban J connectivity index is 0.000000359. The molecule has 0 atom stereocenters. The lowest BCUT2D eigenvalue weighted by atomic mass is 9.98. The molecule has 8 heteroatoms. The third-order valence-electron chi connectivity index (χ3n) is 4.79. The van der Waals surface area contributed by atoms with Gasteiger partial charge in [-0.25, -0.2) is 9.37 Å². The molecule has 5 rings (SSSR count). The molecule has 148 valence electrons. The van der Waals surface area contributed by atoms with E-state index in [2.05, 4.69) is 20.4 Å². The van der Waals surface area contributed by atoms with Crippen molar-refractivity contribution in [1.82, 2.24) is 19.5 Å². The molecule has 1 aliphatic carbocycles. The molecule has 1 fully saturated rings. The molecule has 3 aromatic heterocycles. The number of carbonyl (C=O) groups is 1. The van der Waals surface area contributed by atoms with Crippen LogP contribution in [-0.2, 0) is 0 Å². The topological polar surface area (TPSA) is 85.3 Å². The number of aryl methyl sites for hydroxylation is 1. The molecule has 1 saturated carbocycles. The number of amides is 1. The van der Waals surface area contributed by atoms with Gasteiger partial charge in [-0.2, -0.15) is 4.98 Å². The van der Waals surface area contributed by atoms with Crippen molar-refractivity contribution in [2.45, 2.75) is 32.4 Å². The molecule has 0 radical (unpaired) electrons. The summed E-state index contributed by atoms with van der Waals surface area (Å²) in [6, 6.07) is 11.2. The Morgan fingerprint density at radius 3 is 2.76 bits per heavy atom. The summed E-state index contributed by atoms with van der Waals surface area (Å²) in [6.45, 7) is 1.92. The lowest BCUT2D eigenvalue weighted by Gasteiger charge is -2.14. The minimum Gasteiger partial charge on any atom is -0.342 e. The maximum absolute atomic E-state index is 12.6. The van der Waals surface area contributed by atoms with Crippen molar-refractivity contribution < 1.29 is 13.7 Å². The lowest BCUT2D eigenvalue weighted by Crippen LogP contribution is -2.15. The van der Waals surface area contributed by atoms with Crippen molar-refractivity contribution in [3.8, 4) is 11.4 Å². The first-order valence-corrected chi connectivity index (χ1v) is 9.37. The van der Waals surface area contributed by atoms with Crippen LogP contribution in [0.15, 0.2) is 59.7 Å². The molecule has 7 nitrogen and oxygen atoms in total. The fraction of sp³-hybridized carbons (Fsp3) is 0.238. The van der Waals surface area contributed by atoms with Crippen molar-refractivity contribution in [1.29, 1.82) is 0 Å². The molecule has 4 aromatic rings. The lowest BCUT2D eigenvalue weighted by molar-refractivity contribution is 0.102. The van der Waals surface area contributed by atoms with Crippen LogP contribution >= 0.6 is 0 Å². The molecule has 3 heterocycles. The molecule has 1 amide bonds. The maximum Gasteiger partial charge on any atom is 0.274 e. The molecular weight excluding hydrogens is 373 g/mol. The highest BCUT2D eigenvalue weighted by atomic mass is 19.1. The number of nitrogens with zero attached hydrogens (tertiary/aromatic N) is 4. The fourth-order valence-corrected chi connectivity index (χ4v) is 2.84. The number of aromatic nitrogens is 4. The Bertz CT molecular complexity index is 1120. The second-order valence-corrected chi connectivity index (χ2v) is 6.84. The van der Waals surface area contributed by atoms with Crippen molar-refractivity contribution in [2.24, 2.45) is 0 Å². The number of alkyl halides is 1. The van der Waals surface area contributed by atoms with E-state index in [-0.39, 0.29) is 5.91 Å². The van der Waals surface area contributed by atoms with E-state index in [1.165, 1.54) is 6.39 Å². The summed E-state index contributed by atoms with van der Waals surface area (Å²) in [5.74, 6) is 0.238. The fourth-order valence-electron chi connectivity index (χ4n) is 2.84. The van der Waals surface area contributed by atoms with Gasteiger partial charge in [-0.1, -0.05) is 23.4 Å². The molecule has 1 N–H and O–H groups in total. The predicted molar refractivity (Wildman–Crippen MR) is 106 cm³/mol. The van der Waals surface area contributed by atoms with Crippen molar-refractivity contribution in [3.63, 3.8) is 0 Å². The molecule has 29 heavy (non-hydrogen) atoms. The minimum atomic E-state index is -0.435. The van der Waals surface area contributed by atoms with Crippen LogP contribution in [0.2, 0.25) is 0 Å².